The van der Waals surface area contributed by atoms with E-state index in [1.54, 1.807) is 0 Å². The van der Waals surface area contributed by atoms with Crippen LogP contribution in [0.25, 0.3) is 0 Å². The van der Waals surface area contributed by atoms with E-state index in [1.807, 2.05) is 22.6 Å². The summed E-state index contributed by atoms with van der Waals surface area (Å²) in [5, 5.41) is 11.2. The fourth-order valence-corrected chi connectivity index (χ4v) is 0.922. The lowest BCUT2D eigenvalue weighted by atomic mass is 10.3. The average molecular weight is 258 g/mol. The lowest BCUT2D eigenvalue weighted by Crippen LogP contribution is -3.39. The molecule has 0 aromatic carbocycles. The van der Waals surface area contributed by atoms with Crippen LogP contribution in [-0.2, 0) is 0 Å². The normalized spacial score (nSPS) is 12.6. The Hall–Kier alpha value is -0.0400. The van der Waals surface area contributed by atoms with Crippen molar-refractivity contribution in [1.82, 2.24) is 5.32 Å². The number of carbonyl (C=O) groups is 1. The zero-order chi connectivity index (χ0) is 7.98. The first-order chi connectivity index (χ1) is 4.63. The summed E-state index contributed by atoms with van der Waals surface area (Å²) in [5.74, 6) is 0. The topological polar surface area (TPSA) is 75.4 Å². The maximum absolute atomic E-state index is 10.1. The number of urea groups is 1. The Balaban J connectivity index is 2.98. The van der Waals surface area contributed by atoms with Crippen molar-refractivity contribution in [2.75, 3.05) is 6.54 Å². The van der Waals surface area contributed by atoms with Gasteiger partial charge in [-0.15, -0.1) is 0 Å². The van der Waals surface area contributed by atoms with Gasteiger partial charge in [0, 0.05) is 6.54 Å². The molecular weight excluding hydrogens is 247 g/mol. The Morgan fingerprint density at radius 3 is 2.80 bits per heavy atom. The van der Waals surface area contributed by atoms with Gasteiger partial charge in [0.15, 0.2) is 0 Å². The molecule has 5 heteroatoms. The first-order valence-corrected chi connectivity index (χ1v) is 4.23. The monoisotopic (exact) mass is 258 g/mol. The van der Waals surface area contributed by atoms with Crippen LogP contribution in [0.1, 0.15) is 12.8 Å². The molecule has 4 N–H and O–H groups in total. The van der Waals surface area contributed by atoms with Gasteiger partial charge in [-0.3, -0.25) is 0 Å². The summed E-state index contributed by atoms with van der Waals surface area (Å²) in [6.45, 7) is 0.537. The largest absolute Gasteiger partial charge is 0.763 e. The van der Waals surface area contributed by atoms with Gasteiger partial charge < -0.3 is 38.7 Å². The fraction of sp³-hybridized carbons (Fsp3) is 0.800. The number of hydrogen-bond acceptors (Lipinski definition) is 2. The van der Waals surface area contributed by atoms with Crippen LogP contribution in [0.3, 0.4) is 0 Å². The fourth-order valence-electron chi connectivity index (χ4n) is 0.482. The number of aliphatic hydroxyl groups is 1. The molecule has 0 rings (SSSR count). The smallest absolute Gasteiger partial charge is 0.312 e. The Kier molecular flexibility index (Phi) is 5.70. The molecule has 0 aliphatic heterocycles. The number of carbonyl (C=O) groups excluding carboxylic acids is 1. The van der Waals surface area contributed by atoms with Crippen LogP contribution in [-0.4, -0.2) is 21.8 Å². The molecule has 1 radical (unpaired) electrons. The van der Waals surface area contributed by atoms with E-state index in [2.05, 4.69) is 5.32 Å². The summed E-state index contributed by atoms with van der Waals surface area (Å²) in [6.07, 6.45) is 1.44. The second-order valence-electron chi connectivity index (χ2n) is 1.87. The Labute approximate surface area is 73.3 Å². The molecule has 1 atom stereocenters. The molecule has 2 amide bonds. The number of primary amides is 1. The molecule has 0 aliphatic carbocycles. The van der Waals surface area contributed by atoms with Gasteiger partial charge in [-0.25, -0.2) is 4.79 Å². The zero-order valence-electron chi connectivity index (χ0n) is 5.51. The molecule has 0 aromatic heterocycles. The van der Waals surface area contributed by atoms with Gasteiger partial charge in [0.1, 0.15) is 0 Å². The van der Waals surface area contributed by atoms with Gasteiger partial charge in [0.05, 0.1) is 0 Å². The van der Waals surface area contributed by atoms with Crippen LogP contribution in [0.5, 0.6) is 0 Å². The molecule has 4 nitrogen and oxygen atoms in total. The van der Waals surface area contributed by atoms with Crippen LogP contribution in [0.4, 0.5) is 4.79 Å². The third-order valence-corrected chi connectivity index (χ3v) is 1.54. The predicted molar refractivity (Wildman–Crippen MR) is 32.8 cm³/mol. The number of rotatable bonds is 4. The number of amides is 2. The molecule has 0 spiro atoms. The van der Waals surface area contributed by atoms with Crippen LogP contribution < -0.4 is 33.6 Å². The summed E-state index contributed by atoms with van der Waals surface area (Å²) in [5.41, 5.74) is 4.79. The Morgan fingerprint density at radius 2 is 2.40 bits per heavy atom. The van der Waals surface area contributed by atoms with E-state index in [1.165, 1.54) is 0 Å². The zero-order valence-corrected chi connectivity index (χ0v) is 7.67. The van der Waals surface area contributed by atoms with Crippen LogP contribution >= 0.6 is 0 Å². The van der Waals surface area contributed by atoms with Gasteiger partial charge in [-0.2, -0.15) is 0 Å². The van der Waals surface area contributed by atoms with Crippen molar-refractivity contribution in [1.29, 1.82) is 0 Å². The molecule has 61 valence electrons. The van der Waals surface area contributed by atoms with Crippen molar-refractivity contribution >= 4 is 6.03 Å². The lowest BCUT2D eigenvalue weighted by molar-refractivity contribution is -0.483. The molecule has 0 bridgehead atoms. The van der Waals surface area contributed by atoms with E-state index in [0.717, 1.165) is 6.42 Å². The lowest BCUT2D eigenvalue weighted by Gasteiger charge is -2.13. The first-order valence-electron chi connectivity index (χ1n) is 2.98. The molecule has 0 fully saturated rings. The van der Waals surface area contributed by atoms with Crippen molar-refractivity contribution in [3.8, 4) is 0 Å². The maximum atomic E-state index is 10.1. The third-order valence-electron chi connectivity index (χ3n) is 0.918. The molecule has 0 heterocycles. The number of nitrogens with two attached hydrogens (primary N) is 1. The average Bonchev–Trinajstić information content (AvgIpc) is 1.79. The number of alkyl halides is 1. The second-order valence-corrected chi connectivity index (χ2v) is 3.31. The quantitative estimate of drug-likeness (QED) is 0.276. The number of nitrogens with one attached hydrogen (secondary N) is 1. The highest BCUT2D eigenvalue weighted by atomic mass is 127. The van der Waals surface area contributed by atoms with E-state index in [0.29, 0.717) is 13.0 Å². The van der Waals surface area contributed by atoms with E-state index < -0.39 is 6.03 Å². The SMILES string of the molecule is NC(=O)NCCC[C@@H](O)[I-]. The minimum absolute atomic E-state index is 0.327. The minimum atomic E-state index is -0.511. The van der Waals surface area contributed by atoms with Gasteiger partial charge in [-0.05, 0) is 12.8 Å². The van der Waals surface area contributed by atoms with Crippen LogP contribution in [0, 0.1) is 0 Å². The first kappa shape index (κ1) is 9.96. The molecule has 0 aliphatic rings. The maximum Gasteiger partial charge on any atom is 0.312 e. The standard InChI is InChI=1S/C5H11IN2O2/c6-4(9)2-1-3-8-5(7)10/h4,9H,1-3H2,(H3,7,8,10)/q-1/t4-/m1/s1. The van der Waals surface area contributed by atoms with Crippen molar-refractivity contribution in [3.63, 3.8) is 0 Å². The molecule has 0 unspecified atom stereocenters. The Bertz CT molecular complexity index is 108. The summed E-state index contributed by atoms with van der Waals surface area (Å²) in [6, 6.07) is -0.511. The number of halogens is 1. The summed E-state index contributed by atoms with van der Waals surface area (Å²) < 4.78 is -0.327. The van der Waals surface area contributed by atoms with Crippen LogP contribution in [0.15, 0.2) is 0 Å². The number of hydrogen-bond donors (Lipinski definition) is 3. The van der Waals surface area contributed by atoms with Crippen molar-refractivity contribution < 1.29 is 32.5 Å². The summed E-state index contributed by atoms with van der Waals surface area (Å²) >= 11 is 1.91. The molecule has 0 saturated carbocycles. The summed E-state index contributed by atoms with van der Waals surface area (Å²) in [7, 11) is 0. The highest BCUT2D eigenvalue weighted by molar-refractivity contribution is 5.71. The summed E-state index contributed by atoms with van der Waals surface area (Å²) in [4.78, 5) is 10.1. The second kappa shape index (κ2) is 5.72. The third kappa shape index (κ3) is 7.96. The van der Waals surface area contributed by atoms with Crippen molar-refractivity contribution in [3.05, 3.63) is 0 Å². The minimum Gasteiger partial charge on any atom is -0.763 e. The molecular formula is C5H11IN2O2-. The number of aliphatic hydroxyl groups excluding tert-OH is 1. The molecule has 0 aromatic rings. The molecule has 10 heavy (non-hydrogen) atoms. The van der Waals surface area contributed by atoms with Crippen molar-refractivity contribution in [2.45, 2.75) is 17.0 Å². The van der Waals surface area contributed by atoms with Gasteiger partial charge >= 0.3 is 6.03 Å². The Morgan fingerprint density at radius 1 is 1.80 bits per heavy atom. The van der Waals surface area contributed by atoms with E-state index in [4.69, 9.17) is 10.8 Å². The van der Waals surface area contributed by atoms with E-state index in [9.17, 15) is 4.79 Å². The highest BCUT2D eigenvalue weighted by Gasteiger charge is 1.90. The highest BCUT2D eigenvalue weighted by Crippen LogP contribution is 1.85. The van der Waals surface area contributed by atoms with E-state index in [-0.39, 0.29) is 4.11 Å². The van der Waals surface area contributed by atoms with Gasteiger partial charge in [0.25, 0.3) is 0 Å². The van der Waals surface area contributed by atoms with Gasteiger partial charge in [-0.1, -0.05) is 4.11 Å². The van der Waals surface area contributed by atoms with Gasteiger partial charge in [0.2, 0.25) is 0 Å². The molecule has 0 saturated heterocycles. The predicted octanol–water partition coefficient (Wildman–Crippen LogP) is -3.69. The van der Waals surface area contributed by atoms with Crippen LogP contribution in [0.2, 0.25) is 0 Å². The van der Waals surface area contributed by atoms with Crippen molar-refractivity contribution in [2.24, 2.45) is 5.73 Å². The van der Waals surface area contributed by atoms with E-state index >= 15 is 0 Å².